The highest BCUT2D eigenvalue weighted by atomic mass is 16.3. The fourth-order valence-corrected chi connectivity index (χ4v) is 5.07. The molecule has 0 spiro atoms. The molecule has 0 heterocycles. The third kappa shape index (κ3) is 2.86. The summed E-state index contributed by atoms with van der Waals surface area (Å²) < 4.78 is 0. The third-order valence-electron chi connectivity index (χ3n) is 6.42. The van der Waals surface area contributed by atoms with Crippen LogP contribution in [0.1, 0.15) is 11.1 Å². The summed E-state index contributed by atoms with van der Waals surface area (Å²) in [4.78, 5) is 0. The summed E-state index contributed by atoms with van der Waals surface area (Å²) in [5.41, 5.74) is 11.1. The molecule has 0 bridgehead atoms. The van der Waals surface area contributed by atoms with E-state index in [1.54, 1.807) is 0 Å². The lowest BCUT2D eigenvalue weighted by Crippen LogP contribution is -1.97. The second kappa shape index (κ2) is 7.55. The zero-order valence-electron chi connectivity index (χ0n) is 17.6. The molecule has 32 heavy (non-hydrogen) atoms. The van der Waals surface area contributed by atoms with E-state index >= 15 is 0 Å². The third-order valence-corrected chi connectivity index (χ3v) is 6.42. The zero-order chi connectivity index (χ0) is 21.5. The number of rotatable bonds is 3. The van der Waals surface area contributed by atoms with Gasteiger partial charge in [-0.1, -0.05) is 115 Å². The van der Waals surface area contributed by atoms with E-state index in [0.29, 0.717) is 5.75 Å². The van der Waals surface area contributed by atoms with Crippen LogP contribution in [-0.4, -0.2) is 5.11 Å². The maximum atomic E-state index is 11.9. The number of fused-ring (bicyclic) bond motifs is 3. The molecule has 0 fully saturated rings. The first-order valence-corrected chi connectivity index (χ1v) is 11.0. The molecule has 5 aromatic rings. The molecule has 5 aromatic carbocycles. The van der Waals surface area contributed by atoms with Gasteiger partial charge in [0, 0.05) is 16.7 Å². The van der Waals surface area contributed by atoms with Crippen molar-refractivity contribution in [1.82, 2.24) is 0 Å². The number of hydrogen-bond donors (Lipinski definition) is 1. The topological polar surface area (TPSA) is 20.2 Å². The van der Waals surface area contributed by atoms with Crippen molar-refractivity contribution < 1.29 is 5.11 Å². The average molecular weight is 411 g/mol. The number of phenolic OH excluding ortho intramolecular Hbond substituents is 1. The van der Waals surface area contributed by atoms with Crippen LogP contribution in [0.3, 0.4) is 0 Å². The second-order valence-corrected chi connectivity index (χ2v) is 8.26. The molecule has 0 atom stereocenters. The number of aromatic hydroxyl groups is 1. The molecule has 1 aliphatic rings. The molecule has 1 heteroatoms. The summed E-state index contributed by atoms with van der Waals surface area (Å²) in [6, 6.07) is 39.6. The van der Waals surface area contributed by atoms with E-state index in [0.717, 1.165) is 39.8 Å². The van der Waals surface area contributed by atoms with Crippen molar-refractivity contribution >= 4 is 0 Å². The van der Waals surface area contributed by atoms with Gasteiger partial charge in [-0.15, -0.1) is 0 Å². The Balaban J connectivity index is 1.81. The minimum atomic E-state index is 0.354. The molecule has 6 rings (SSSR count). The monoisotopic (exact) mass is 410 g/mol. The van der Waals surface area contributed by atoms with Gasteiger partial charge in [-0.25, -0.2) is 0 Å². The lowest BCUT2D eigenvalue weighted by atomic mass is 9.82. The van der Waals surface area contributed by atoms with E-state index in [1.165, 1.54) is 22.3 Å². The molecule has 1 nitrogen and oxygen atoms in total. The minimum Gasteiger partial charge on any atom is -0.507 e. The SMILES string of the molecule is Oc1c(-c2ccccc2)c2c(c(-c3ccccc3)c1-c1ccccc1)-c1ccccc1C2. The average Bonchev–Trinajstić information content (AvgIpc) is 3.23. The van der Waals surface area contributed by atoms with E-state index in [4.69, 9.17) is 0 Å². The Bertz CT molecular complexity index is 1410. The largest absolute Gasteiger partial charge is 0.507 e. The Morgan fingerprint density at radius 1 is 0.438 bits per heavy atom. The van der Waals surface area contributed by atoms with Crippen molar-refractivity contribution in [2.75, 3.05) is 0 Å². The molecule has 0 unspecified atom stereocenters. The van der Waals surface area contributed by atoms with Crippen molar-refractivity contribution in [2.45, 2.75) is 6.42 Å². The molecule has 1 aliphatic carbocycles. The number of benzene rings is 5. The Morgan fingerprint density at radius 2 is 0.906 bits per heavy atom. The van der Waals surface area contributed by atoms with Crippen LogP contribution in [0.4, 0.5) is 0 Å². The summed E-state index contributed by atoms with van der Waals surface area (Å²) in [7, 11) is 0. The van der Waals surface area contributed by atoms with Crippen molar-refractivity contribution in [3.05, 3.63) is 126 Å². The lowest BCUT2D eigenvalue weighted by Gasteiger charge is -2.22. The van der Waals surface area contributed by atoms with E-state index in [9.17, 15) is 5.11 Å². The van der Waals surface area contributed by atoms with Gasteiger partial charge in [-0.05, 0) is 45.4 Å². The smallest absolute Gasteiger partial charge is 0.132 e. The van der Waals surface area contributed by atoms with Crippen molar-refractivity contribution in [3.63, 3.8) is 0 Å². The van der Waals surface area contributed by atoms with Gasteiger partial charge in [-0.3, -0.25) is 0 Å². The van der Waals surface area contributed by atoms with Crippen molar-refractivity contribution in [2.24, 2.45) is 0 Å². The molecule has 1 N–H and O–H groups in total. The maximum Gasteiger partial charge on any atom is 0.132 e. The number of phenols is 1. The van der Waals surface area contributed by atoms with Crippen LogP contribution >= 0.6 is 0 Å². The van der Waals surface area contributed by atoms with E-state index < -0.39 is 0 Å². The standard InChI is InChI=1S/C31H22O/c32-31-27(21-12-4-1-5-13-21)26-20-24-18-10-11-19-25(24)30(26)28(22-14-6-2-7-15-22)29(31)23-16-8-3-9-17-23/h1-19,32H,20H2. The summed E-state index contributed by atoms with van der Waals surface area (Å²) in [6.07, 6.45) is 0.818. The highest BCUT2D eigenvalue weighted by Crippen LogP contribution is 2.55. The second-order valence-electron chi connectivity index (χ2n) is 8.26. The fourth-order valence-electron chi connectivity index (χ4n) is 5.07. The summed E-state index contributed by atoms with van der Waals surface area (Å²) in [5, 5.41) is 11.9. The molecular formula is C31H22O. The maximum absolute atomic E-state index is 11.9. The highest BCUT2D eigenvalue weighted by molar-refractivity contribution is 6.06. The molecule has 152 valence electrons. The van der Waals surface area contributed by atoms with Crippen LogP contribution in [0.2, 0.25) is 0 Å². The van der Waals surface area contributed by atoms with Crippen LogP contribution in [0.25, 0.3) is 44.5 Å². The first kappa shape index (κ1) is 18.7. The Morgan fingerprint density at radius 3 is 1.50 bits per heavy atom. The summed E-state index contributed by atoms with van der Waals surface area (Å²) >= 11 is 0. The van der Waals surface area contributed by atoms with Crippen LogP contribution in [0.5, 0.6) is 5.75 Å². The quantitative estimate of drug-likeness (QED) is 0.314. The normalized spacial score (nSPS) is 11.8. The van der Waals surface area contributed by atoms with E-state index in [-0.39, 0.29) is 0 Å². The van der Waals surface area contributed by atoms with E-state index in [2.05, 4.69) is 72.8 Å². The first-order chi connectivity index (χ1) is 15.8. The predicted molar refractivity (Wildman–Crippen MR) is 133 cm³/mol. The molecule has 0 saturated heterocycles. The van der Waals surface area contributed by atoms with Crippen molar-refractivity contribution in [1.29, 1.82) is 0 Å². The molecule has 0 radical (unpaired) electrons. The van der Waals surface area contributed by atoms with Gasteiger partial charge in [0.05, 0.1) is 0 Å². The minimum absolute atomic E-state index is 0.354. The van der Waals surface area contributed by atoms with E-state index in [1.807, 2.05) is 42.5 Å². The van der Waals surface area contributed by atoms with Gasteiger partial charge in [0.1, 0.15) is 5.75 Å². The molecule has 0 amide bonds. The predicted octanol–water partition coefficient (Wildman–Crippen LogP) is 7.96. The van der Waals surface area contributed by atoms with Crippen LogP contribution in [0.15, 0.2) is 115 Å². The van der Waals surface area contributed by atoms with Gasteiger partial charge in [-0.2, -0.15) is 0 Å². The molecular weight excluding hydrogens is 388 g/mol. The van der Waals surface area contributed by atoms with Crippen LogP contribution in [0, 0.1) is 0 Å². The van der Waals surface area contributed by atoms with Crippen LogP contribution < -0.4 is 0 Å². The van der Waals surface area contributed by atoms with Gasteiger partial charge < -0.3 is 5.11 Å². The van der Waals surface area contributed by atoms with Gasteiger partial charge >= 0.3 is 0 Å². The zero-order valence-corrected chi connectivity index (χ0v) is 17.6. The lowest BCUT2D eigenvalue weighted by molar-refractivity contribution is 0.479. The Labute approximate surface area is 188 Å². The summed E-state index contributed by atoms with van der Waals surface area (Å²) in [5.74, 6) is 0.354. The van der Waals surface area contributed by atoms with Gasteiger partial charge in [0.15, 0.2) is 0 Å². The van der Waals surface area contributed by atoms with Crippen LogP contribution in [-0.2, 0) is 6.42 Å². The van der Waals surface area contributed by atoms with Gasteiger partial charge in [0.2, 0.25) is 0 Å². The summed E-state index contributed by atoms with van der Waals surface area (Å²) in [6.45, 7) is 0. The Kier molecular flexibility index (Phi) is 4.40. The first-order valence-electron chi connectivity index (χ1n) is 11.0. The number of hydrogen-bond acceptors (Lipinski definition) is 1. The molecule has 0 aromatic heterocycles. The Hall–Kier alpha value is -4.10. The van der Waals surface area contributed by atoms with Crippen molar-refractivity contribution in [3.8, 4) is 50.3 Å². The highest BCUT2D eigenvalue weighted by Gasteiger charge is 2.31. The molecule has 0 saturated carbocycles. The fraction of sp³-hybridized carbons (Fsp3) is 0.0323. The molecule has 0 aliphatic heterocycles. The van der Waals surface area contributed by atoms with Gasteiger partial charge in [0.25, 0.3) is 0 Å².